The van der Waals surface area contributed by atoms with Gasteiger partial charge in [-0.3, -0.25) is 0 Å². The van der Waals surface area contributed by atoms with Crippen molar-refractivity contribution in [3.05, 3.63) is 22.8 Å². The lowest BCUT2D eigenvalue weighted by atomic mass is 10.5. The molecule has 2 rings (SSSR count). The van der Waals surface area contributed by atoms with Gasteiger partial charge in [-0.05, 0) is 60.6 Å². The molecule has 21 heavy (non-hydrogen) atoms. The van der Waals surface area contributed by atoms with Crippen molar-refractivity contribution in [3.8, 4) is 6.01 Å². The molecule has 0 amide bonds. The molecule has 0 atom stereocenters. The number of ether oxygens (including phenoxy) is 1. The first-order valence-corrected chi connectivity index (χ1v) is 8.14. The van der Waals surface area contributed by atoms with E-state index >= 15 is 0 Å². The van der Waals surface area contributed by atoms with Gasteiger partial charge in [0.05, 0.1) is 10.6 Å². The van der Waals surface area contributed by atoms with Gasteiger partial charge in [0, 0.05) is 12.7 Å². The lowest BCUT2D eigenvalue weighted by Crippen LogP contribution is -2.12. The van der Waals surface area contributed by atoms with Crippen LogP contribution in [0.1, 0.15) is 20.8 Å². The minimum atomic E-state index is 0.00122. The molecular weight excluding hydrogens is 354 g/mol. The lowest BCUT2D eigenvalue weighted by molar-refractivity contribution is 0.219. The number of halogens is 1. The normalized spacial score (nSPS) is 10.7. The van der Waals surface area contributed by atoms with Crippen LogP contribution in [0.5, 0.6) is 6.01 Å². The Morgan fingerprint density at radius 2 is 2.14 bits per heavy atom. The largest absolute Gasteiger partial charge is 0.461 e. The van der Waals surface area contributed by atoms with E-state index in [0.29, 0.717) is 17.1 Å². The van der Waals surface area contributed by atoms with Crippen molar-refractivity contribution in [1.29, 1.82) is 0 Å². The Labute approximate surface area is 136 Å². The van der Waals surface area contributed by atoms with Crippen molar-refractivity contribution in [2.45, 2.75) is 37.1 Å². The van der Waals surface area contributed by atoms with E-state index in [0.717, 1.165) is 16.0 Å². The molecule has 0 aliphatic rings. The van der Waals surface area contributed by atoms with Crippen LogP contribution in [0.15, 0.2) is 33.0 Å². The topological polar surface area (TPSA) is 72.8 Å². The van der Waals surface area contributed by atoms with Crippen molar-refractivity contribution < 1.29 is 4.74 Å². The summed E-state index contributed by atoms with van der Waals surface area (Å²) < 4.78 is 6.46. The molecular formula is C13H16BrN5OS. The summed E-state index contributed by atoms with van der Waals surface area (Å²) in [6.07, 6.45) is 1.73. The number of aromatic nitrogens is 4. The molecule has 2 heterocycles. The number of nitrogens with zero attached hydrogens (tertiary/aromatic N) is 4. The lowest BCUT2D eigenvalue weighted by Gasteiger charge is -2.10. The van der Waals surface area contributed by atoms with E-state index in [9.17, 15) is 0 Å². The summed E-state index contributed by atoms with van der Waals surface area (Å²) in [7, 11) is 0. The fraction of sp³-hybridized carbons (Fsp3) is 0.385. The van der Waals surface area contributed by atoms with Crippen molar-refractivity contribution in [2.24, 2.45) is 0 Å². The molecule has 2 aromatic rings. The van der Waals surface area contributed by atoms with Crippen LogP contribution in [0.25, 0.3) is 0 Å². The highest BCUT2D eigenvalue weighted by Gasteiger charge is 2.12. The number of pyridine rings is 1. The smallest absolute Gasteiger partial charge is 0.322 e. The molecule has 1 N–H and O–H groups in total. The molecule has 6 nitrogen and oxygen atoms in total. The molecule has 0 radical (unpaired) electrons. The second-order valence-electron chi connectivity index (χ2n) is 4.31. The van der Waals surface area contributed by atoms with E-state index in [1.807, 2.05) is 32.9 Å². The Bertz CT molecular complexity index is 611. The summed E-state index contributed by atoms with van der Waals surface area (Å²) in [4.78, 5) is 17.2. The van der Waals surface area contributed by atoms with E-state index < -0.39 is 0 Å². The first kappa shape index (κ1) is 16.0. The van der Waals surface area contributed by atoms with Crippen LogP contribution in [-0.2, 0) is 0 Å². The zero-order valence-electron chi connectivity index (χ0n) is 12.0. The van der Waals surface area contributed by atoms with Gasteiger partial charge in [0.25, 0.3) is 0 Å². The zero-order chi connectivity index (χ0) is 15.2. The number of anilines is 1. The maximum atomic E-state index is 5.56. The second-order valence-corrected chi connectivity index (χ2v) is 6.12. The molecule has 0 fully saturated rings. The number of hydrogen-bond acceptors (Lipinski definition) is 7. The Hall–Kier alpha value is -1.41. The minimum Gasteiger partial charge on any atom is -0.461 e. The molecule has 0 aliphatic carbocycles. The first-order chi connectivity index (χ1) is 10.1. The Morgan fingerprint density at radius 3 is 2.81 bits per heavy atom. The molecule has 0 unspecified atom stereocenters. The summed E-state index contributed by atoms with van der Waals surface area (Å²) >= 11 is 4.82. The summed E-state index contributed by atoms with van der Waals surface area (Å²) in [6, 6.07) is 4.09. The summed E-state index contributed by atoms with van der Waals surface area (Å²) in [5.41, 5.74) is 0. The predicted molar refractivity (Wildman–Crippen MR) is 85.8 cm³/mol. The predicted octanol–water partition coefficient (Wildman–Crippen LogP) is 3.40. The Kier molecular flexibility index (Phi) is 5.75. The van der Waals surface area contributed by atoms with Gasteiger partial charge < -0.3 is 10.1 Å². The van der Waals surface area contributed by atoms with Gasteiger partial charge >= 0.3 is 6.01 Å². The molecule has 0 spiro atoms. The molecule has 0 aromatic carbocycles. The van der Waals surface area contributed by atoms with Crippen molar-refractivity contribution in [1.82, 2.24) is 19.9 Å². The second kappa shape index (κ2) is 7.56. The summed E-state index contributed by atoms with van der Waals surface area (Å²) in [5, 5.41) is 4.41. The number of hydrogen-bond donors (Lipinski definition) is 1. The van der Waals surface area contributed by atoms with Crippen LogP contribution >= 0.6 is 27.7 Å². The molecule has 2 aromatic heterocycles. The fourth-order valence-electron chi connectivity index (χ4n) is 1.42. The van der Waals surface area contributed by atoms with Crippen LogP contribution in [-0.4, -0.2) is 32.6 Å². The summed E-state index contributed by atoms with van der Waals surface area (Å²) in [6.45, 7) is 6.56. The van der Waals surface area contributed by atoms with Crippen molar-refractivity contribution in [3.63, 3.8) is 0 Å². The van der Waals surface area contributed by atoms with Gasteiger partial charge in [-0.1, -0.05) is 0 Å². The molecule has 0 saturated carbocycles. The van der Waals surface area contributed by atoms with Crippen LogP contribution in [0.3, 0.4) is 0 Å². The van der Waals surface area contributed by atoms with Crippen molar-refractivity contribution >= 4 is 33.6 Å². The average molecular weight is 370 g/mol. The van der Waals surface area contributed by atoms with E-state index in [1.54, 1.807) is 6.20 Å². The number of nitrogens with one attached hydrogen (secondary N) is 1. The first-order valence-electron chi connectivity index (χ1n) is 6.53. The highest BCUT2D eigenvalue weighted by molar-refractivity contribution is 9.10. The van der Waals surface area contributed by atoms with E-state index in [1.165, 1.54) is 11.8 Å². The standard InChI is InChI=1S/C13H16BrN5OS/c1-4-15-11-17-12(20-8(2)3)19-13(18-11)21-10-9(14)6-5-7-16-10/h5-8H,4H2,1-3H3,(H,15,17,18,19). The fourth-order valence-corrected chi connectivity index (χ4v) is 2.62. The molecule has 112 valence electrons. The van der Waals surface area contributed by atoms with Crippen LogP contribution < -0.4 is 10.1 Å². The van der Waals surface area contributed by atoms with Crippen LogP contribution in [0.2, 0.25) is 0 Å². The van der Waals surface area contributed by atoms with Crippen molar-refractivity contribution in [2.75, 3.05) is 11.9 Å². The van der Waals surface area contributed by atoms with Gasteiger partial charge in [-0.2, -0.15) is 15.0 Å². The Morgan fingerprint density at radius 1 is 1.33 bits per heavy atom. The van der Waals surface area contributed by atoms with Gasteiger partial charge in [-0.15, -0.1) is 0 Å². The quantitative estimate of drug-likeness (QED) is 0.835. The van der Waals surface area contributed by atoms with E-state index in [-0.39, 0.29) is 6.10 Å². The van der Waals surface area contributed by atoms with Gasteiger partial charge in [0.2, 0.25) is 11.1 Å². The molecule has 0 saturated heterocycles. The number of rotatable bonds is 6. The SMILES string of the molecule is CCNc1nc(OC(C)C)nc(Sc2ncccc2Br)n1. The minimum absolute atomic E-state index is 0.00122. The van der Waals surface area contributed by atoms with Crippen LogP contribution in [0.4, 0.5) is 5.95 Å². The zero-order valence-corrected chi connectivity index (χ0v) is 14.4. The average Bonchev–Trinajstić information content (AvgIpc) is 2.41. The Balaban J connectivity index is 2.29. The van der Waals surface area contributed by atoms with E-state index in [2.05, 4.69) is 41.2 Å². The van der Waals surface area contributed by atoms with Gasteiger partial charge in [0.1, 0.15) is 5.03 Å². The third kappa shape index (κ3) is 4.82. The third-order valence-electron chi connectivity index (χ3n) is 2.18. The molecule has 8 heteroatoms. The molecule has 0 bridgehead atoms. The van der Waals surface area contributed by atoms with Gasteiger partial charge in [-0.25, -0.2) is 4.98 Å². The summed E-state index contributed by atoms with van der Waals surface area (Å²) in [5.74, 6) is 0.498. The maximum absolute atomic E-state index is 5.56. The van der Waals surface area contributed by atoms with Crippen LogP contribution in [0, 0.1) is 0 Å². The maximum Gasteiger partial charge on any atom is 0.322 e. The monoisotopic (exact) mass is 369 g/mol. The highest BCUT2D eigenvalue weighted by atomic mass is 79.9. The molecule has 0 aliphatic heterocycles. The van der Waals surface area contributed by atoms with E-state index in [4.69, 9.17) is 4.74 Å². The highest BCUT2D eigenvalue weighted by Crippen LogP contribution is 2.30. The van der Waals surface area contributed by atoms with Gasteiger partial charge in [0.15, 0.2) is 0 Å². The third-order valence-corrected chi connectivity index (χ3v) is 3.97.